The molecule has 1 aliphatic rings. The number of fused-ring (bicyclic) bond motifs is 3. The van der Waals surface area contributed by atoms with Gasteiger partial charge in [-0.1, -0.05) is 30.3 Å². The van der Waals surface area contributed by atoms with E-state index < -0.39 is 0 Å². The van der Waals surface area contributed by atoms with Crippen molar-refractivity contribution in [2.45, 2.75) is 25.7 Å². The second-order valence-corrected chi connectivity index (χ2v) is 8.46. The standard InChI is InChI=1S/C24H23N3O2S/c1-28-16-11-12-18(19(14-16)29-2)25-23-22-17-9-6-10-20(17)30-24(22)27-21(26-23)13-15-7-4-3-5-8-15/h3-5,7-8,11-12,14H,6,9-10,13H2,1-2H3,(H,25,26,27). The summed E-state index contributed by atoms with van der Waals surface area (Å²) in [6, 6.07) is 16.1. The Bertz CT molecular complexity index is 1200. The molecule has 0 spiro atoms. The molecular weight excluding hydrogens is 394 g/mol. The first-order chi connectivity index (χ1) is 14.7. The van der Waals surface area contributed by atoms with E-state index in [-0.39, 0.29) is 0 Å². The molecule has 2 heterocycles. The third-order valence-electron chi connectivity index (χ3n) is 5.48. The van der Waals surface area contributed by atoms with Crippen LogP contribution in [-0.4, -0.2) is 24.2 Å². The van der Waals surface area contributed by atoms with E-state index in [0.717, 1.165) is 51.9 Å². The minimum Gasteiger partial charge on any atom is -0.497 e. The Morgan fingerprint density at radius 2 is 1.87 bits per heavy atom. The van der Waals surface area contributed by atoms with E-state index in [1.54, 1.807) is 14.2 Å². The normalized spacial score (nSPS) is 12.7. The highest BCUT2D eigenvalue weighted by molar-refractivity contribution is 7.19. The van der Waals surface area contributed by atoms with Crippen LogP contribution in [0.3, 0.4) is 0 Å². The Hall–Kier alpha value is -3.12. The van der Waals surface area contributed by atoms with Crippen LogP contribution in [0.5, 0.6) is 11.5 Å². The minimum absolute atomic E-state index is 0.702. The molecule has 5 rings (SSSR count). The number of benzene rings is 2. The molecule has 5 nitrogen and oxygen atoms in total. The summed E-state index contributed by atoms with van der Waals surface area (Å²) in [5.41, 5.74) is 3.46. The lowest BCUT2D eigenvalue weighted by atomic mass is 10.1. The molecule has 4 aromatic rings. The van der Waals surface area contributed by atoms with Crippen molar-refractivity contribution in [1.29, 1.82) is 0 Å². The lowest BCUT2D eigenvalue weighted by molar-refractivity contribution is 0.395. The second kappa shape index (κ2) is 7.95. The van der Waals surface area contributed by atoms with Gasteiger partial charge < -0.3 is 14.8 Å². The molecule has 0 fully saturated rings. The predicted molar refractivity (Wildman–Crippen MR) is 122 cm³/mol. The van der Waals surface area contributed by atoms with Crippen molar-refractivity contribution in [3.05, 3.63) is 70.4 Å². The Kier molecular flexibility index (Phi) is 5.01. The Morgan fingerprint density at radius 1 is 1.00 bits per heavy atom. The number of methoxy groups -OCH3 is 2. The fraction of sp³-hybridized carbons (Fsp3) is 0.250. The van der Waals surface area contributed by atoms with Crippen LogP contribution in [0.15, 0.2) is 48.5 Å². The summed E-state index contributed by atoms with van der Waals surface area (Å²) in [5.74, 6) is 3.15. The third-order valence-corrected chi connectivity index (χ3v) is 6.66. The van der Waals surface area contributed by atoms with Crippen LogP contribution >= 0.6 is 11.3 Å². The molecule has 0 saturated heterocycles. The average Bonchev–Trinajstić information content (AvgIpc) is 3.35. The summed E-state index contributed by atoms with van der Waals surface area (Å²) in [4.78, 5) is 12.4. The molecule has 0 atom stereocenters. The van der Waals surface area contributed by atoms with Gasteiger partial charge in [0.2, 0.25) is 0 Å². The van der Waals surface area contributed by atoms with E-state index in [2.05, 4.69) is 29.6 Å². The van der Waals surface area contributed by atoms with Crippen molar-refractivity contribution in [2.24, 2.45) is 0 Å². The molecular formula is C24H23N3O2S. The van der Waals surface area contributed by atoms with Crippen molar-refractivity contribution < 1.29 is 9.47 Å². The van der Waals surface area contributed by atoms with Gasteiger partial charge in [0, 0.05) is 17.4 Å². The molecule has 0 amide bonds. The van der Waals surface area contributed by atoms with Crippen molar-refractivity contribution >= 4 is 33.1 Å². The van der Waals surface area contributed by atoms with Gasteiger partial charge in [-0.15, -0.1) is 11.3 Å². The van der Waals surface area contributed by atoms with Gasteiger partial charge in [-0.25, -0.2) is 9.97 Å². The molecule has 0 saturated carbocycles. The van der Waals surface area contributed by atoms with Gasteiger partial charge in [0.25, 0.3) is 0 Å². The number of anilines is 2. The molecule has 2 aromatic heterocycles. The van der Waals surface area contributed by atoms with Gasteiger partial charge in [0.05, 0.1) is 25.3 Å². The van der Waals surface area contributed by atoms with Crippen molar-refractivity contribution in [2.75, 3.05) is 19.5 Å². The van der Waals surface area contributed by atoms with Crippen LogP contribution in [0.25, 0.3) is 10.2 Å². The summed E-state index contributed by atoms with van der Waals surface area (Å²) in [6.45, 7) is 0. The summed E-state index contributed by atoms with van der Waals surface area (Å²) in [7, 11) is 3.32. The molecule has 0 aliphatic heterocycles. The largest absolute Gasteiger partial charge is 0.497 e. The SMILES string of the molecule is COc1ccc(Nc2nc(Cc3ccccc3)nc3sc4c(c23)CCC4)c(OC)c1. The first kappa shape index (κ1) is 18.9. The number of thiophene rings is 1. The smallest absolute Gasteiger partial charge is 0.146 e. The van der Waals surface area contributed by atoms with E-state index in [1.807, 2.05) is 35.6 Å². The third kappa shape index (κ3) is 3.48. The quantitative estimate of drug-likeness (QED) is 0.447. The van der Waals surface area contributed by atoms with E-state index >= 15 is 0 Å². The Balaban J connectivity index is 1.60. The lowest BCUT2D eigenvalue weighted by Crippen LogP contribution is -2.03. The lowest BCUT2D eigenvalue weighted by Gasteiger charge is -2.14. The zero-order chi connectivity index (χ0) is 20.5. The van der Waals surface area contributed by atoms with E-state index in [0.29, 0.717) is 6.42 Å². The maximum Gasteiger partial charge on any atom is 0.146 e. The summed E-state index contributed by atoms with van der Waals surface area (Å²) < 4.78 is 10.9. The number of nitrogens with zero attached hydrogens (tertiary/aromatic N) is 2. The van der Waals surface area contributed by atoms with E-state index in [4.69, 9.17) is 19.4 Å². The van der Waals surface area contributed by atoms with E-state index in [9.17, 15) is 0 Å². The molecule has 1 aliphatic carbocycles. The monoisotopic (exact) mass is 417 g/mol. The minimum atomic E-state index is 0.702. The molecule has 2 aromatic carbocycles. The number of rotatable bonds is 6. The highest BCUT2D eigenvalue weighted by Gasteiger charge is 2.23. The van der Waals surface area contributed by atoms with Crippen LogP contribution in [0.2, 0.25) is 0 Å². The van der Waals surface area contributed by atoms with Gasteiger partial charge in [-0.2, -0.15) is 0 Å². The number of nitrogens with one attached hydrogen (secondary N) is 1. The highest BCUT2D eigenvalue weighted by Crippen LogP contribution is 2.41. The van der Waals surface area contributed by atoms with Crippen molar-refractivity contribution in [3.8, 4) is 11.5 Å². The summed E-state index contributed by atoms with van der Waals surface area (Å²) in [6.07, 6.45) is 4.13. The van der Waals surface area contributed by atoms with Gasteiger partial charge in [-0.3, -0.25) is 0 Å². The number of aromatic nitrogens is 2. The maximum atomic E-state index is 5.59. The topological polar surface area (TPSA) is 56.3 Å². The highest BCUT2D eigenvalue weighted by atomic mass is 32.1. The van der Waals surface area contributed by atoms with Gasteiger partial charge >= 0.3 is 0 Å². The number of ether oxygens (including phenoxy) is 2. The van der Waals surface area contributed by atoms with Crippen LogP contribution in [0.4, 0.5) is 11.5 Å². The molecule has 6 heteroatoms. The van der Waals surface area contributed by atoms with Crippen molar-refractivity contribution in [1.82, 2.24) is 9.97 Å². The molecule has 0 unspecified atom stereocenters. The van der Waals surface area contributed by atoms with Crippen LogP contribution in [-0.2, 0) is 19.3 Å². The van der Waals surface area contributed by atoms with Gasteiger partial charge in [-0.05, 0) is 42.5 Å². The van der Waals surface area contributed by atoms with Gasteiger partial charge in [0.15, 0.2) is 0 Å². The Labute approximate surface area is 179 Å². The molecule has 1 N–H and O–H groups in total. The first-order valence-electron chi connectivity index (χ1n) is 10.1. The zero-order valence-corrected chi connectivity index (χ0v) is 17.9. The molecule has 30 heavy (non-hydrogen) atoms. The van der Waals surface area contributed by atoms with E-state index in [1.165, 1.54) is 22.4 Å². The van der Waals surface area contributed by atoms with Crippen LogP contribution in [0.1, 0.15) is 28.2 Å². The van der Waals surface area contributed by atoms with Gasteiger partial charge in [0.1, 0.15) is 28.0 Å². The molecule has 0 bridgehead atoms. The maximum absolute atomic E-state index is 5.59. The number of aryl methyl sites for hydroxylation is 2. The van der Waals surface area contributed by atoms with Crippen molar-refractivity contribution in [3.63, 3.8) is 0 Å². The molecule has 152 valence electrons. The fourth-order valence-electron chi connectivity index (χ4n) is 4.02. The fourth-order valence-corrected chi connectivity index (χ4v) is 5.30. The second-order valence-electron chi connectivity index (χ2n) is 7.38. The molecule has 0 radical (unpaired) electrons. The Morgan fingerprint density at radius 3 is 2.67 bits per heavy atom. The first-order valence-corrected chi connectivity index (χ1v) is 10.9. The average molecular weight is 418 g/mol. The number of hydrogen-bond donors (Lipinski definition) is 1. The summed E-state index contributed by atoms with van der Waals surface area (Å²) in [5, 5.41) is 4.69. The number of hydrogen-bond acceptors (Lipinski definition) is 6. The van der Waals surface area contributed by atoms with Crippen LogP contribution in [0, 0.1) is 0 Å². The van der Waals surface area contributed by atoms with Crippen LogP contribution < -0.4 is 14.8 Å². The predicted octanol–water partition coefficient (Wildman–Crippen LogP) is 5.53. The summed E-state index contributed by atoms with van der Waals surface area (Å²) >= 11 is 1.81. The zero-order valence-electron chi connectivity index (χ0n) is 17.1.